The molecule has 1 aliphatic heterocycles. The van der Waals surface area contributed by atoms with E-state index in [2.05, 4.69) is 30.7 Å². The third kappa shape index (κ3) is 3.38. The first-order chi connectivity index (χ1) is 13.8. The topological polar surface area (TPSA) is 95.6 Å². The zero-order chi connectivity index (χ0) is 18.9. The van der Waals surface area contributed by atoms with Gasteiger partial charge in [0.1, 0.15) is 0 Å². The average molecular weight is 399 g/mol. The number of rotatable bonds is 4. The second-order valence-corrected chi connectivity index (χ2v) is 7.38. The summed E-state index contributed by atoms with van der Waals surface area (Å²) in [5.41, 5.74) is 3.01. The molecule has 5 rings (SSSR count). The monoisotopic (exact) mass is 398 g/mol. The number of alkyl halides is 1. The predicted molar refractivity (Wildman–Crippen MR) is 105 cm³/mol. The molecule has 1 saturated heterocycles. The van der Waals surface area contributed by atoms with Crippen molar-refractivity contribution in [3.63, 3.8) is 0 Å². The second-order valence-electron chi connectivity index (χ2n) is 6.82. The number of hydrogen-bond donors (Lipinski definition) is 1. The fourth-order valence-corrected chi connectivity index (χ4v) is 3.55. The lowest BCUT2D eigenvalue weighted by atomic mass is 10.1. The van der Waals surface area contributed by atoms with Crippen LogP contribution in [0, 0.1) is 0 Å². The van der Waals surface area contributed by atoms with Crippen LogP contribution in [-0.2, 0) is 4.74 Å². The zero-order valence-corrected chi connectivity index (χ0v) is 15.8. The summed E-state index contributed by atoms with van der Waals surface area (Å²) in [5, 5.41) is 16.1. The number of halogens is 1. The molecular weight excluding hydrogens is 380 g/mol. The molecule has 4 heterocycles. The summed E-state index contributed by atoms with van der Waals surface area (Å²) in [6, 6.07) is 0.370. The maximum Gasteiger partial charge on any atom is 0.229 e. The molecule has 0 amide bonds. The molecule has 28 heavy (non-hydrogen) atoms. The minimum atomic E-state index is 0.0117. The molecule has 9 nitrogen and oxygen atoms in total. The Morgan fingerprint density at radius 2 is 2.11 bits per heavy atom. The van der Waals surface area contributed by atoms with Gasteiger partial charge < -0.3 is 10.1 Å². The zero-order valence-electron chi connectivity index (χ0n) is 15.1. The molecular formula is C18H19ClN8O. The van der Waals surface area contributed by atoms with Crippen LogP contribution in [0.25, 0.3) is 16.9 Å². The number of allylic oxidation sites excluding steroid dienone is 4. The van der Waals surface area contributed by atoms with Crippen molar-refractivity contribution in [3.05, 3.63) is 36.8 Å². The van der Waals surface area contributed by atoms with Crippen LogP contribution in [0.5, 0.6) is 0 Å². The minimum absolute atomic E-state index is 0.0117. The molecule has 0 radical (unpaired) electrons. The normalized spacial score (nSPS) is 20.5. The summed E-state index contributed by atoms with van der Waals surface area (Å²) in [7, 11) is 0. The van der Waals surface area contributed by atoms with Gasteiger partial charge in [-0.15, -0.1) is 16.7 Å². The van der Waals surface area contributed by atoms with E-state index in [4.69, 9.17) is 16.3 Å². The Morgan fingerprint density at radius 1 is 1.21 bits per heavy atom. The third-order valence-electron chi connectivity index (χ3n) is 4.89. The quantitative estimate of drug-likeness (QED) is 0.675. The second kappa shape index (κ2) is 7.33. The van der Waals surface area contributed by atoms with E-state index in [1.54, 1.807) is 17.1 Å². The van der Waals surface area contributed by atoms with Gasteiger partial charge in [0.2, 0.25) is 5.95 Å². The molecule has 144 valence electrons. The van der Waals surface area contributed by atoms with E-state index in [0.29, 0.717) is 23.2 Å². The molecule has 0 bridgehead atoms. The van der Waals surface area contributed by atoms with Gasteiger partial charge in [-0.3, -0.25) is 4.68 Å². The van der Waals surface area contributed by atoms with Crippen molar-refractivity contribution in [2.45, 2.75) is 30.7 Å². The summed E-state index contributed by atoms with van der Waals surface area (Å²) in [5.74, 6) is 0.471. The van der Waals surface area contributed by atoms with Crippen LogP contribution < -0.4 is 5.32 Å². The number of aromatic nitrogens is 7. The Kier molecular flexibility index (Phi) is 4.53. The SMILES string of the molecule is ClC1C=CC(n2nnc3cnc(Nc4cnn(C5CCOCC5)c4)nc32)=CC1. The van der Waals surface area contributed by atoms with Crippen molar-refractivity contribution in [1.82, 2.24) is 34.7 Å². The summed E-state index contributed by atoms with van der Waals surface area (Å²) in [4.78, 5) is 8.94. The van der Waals surface area contributed by atoms with E-state index >= 15 is 0 Å². The highest BCUT2D eigenvalue weighted by Gasteiger charge is 2.17. The van der Waals surface area contributed by atoms with Crippen LogP contribution >= 0.6 is 11.6 Å². The number of nitrogens with one attached hydrogen (secondary N) is 1. The molecule has 1 unspecified atom stereocenters. The maximum absolute atomic E-state index is 6.11. The van der Waals surface area contributed by atoms with Gasteiger partial charge >= 0.3 is 0 Å². The van der Waals surface area contributed by atoms with Gasteiger partial charge in [-0.1, -0.05) is 17.4 Å². The van der Waals surface area contributed by atoms with Crippen molar-refractivity contribution >= 4 is 40.1 Å². The Labute approximate surface area is 166 Å². The molecule has 2 aliphatic rings. The van der Waals surface area contributed by atoms with Gasteiger partial charge in [0, 0.05) is 19.4 Å². The Balaban J connectivity index is 1.39. The van der Waals surface area contributed by atoms with Crippen molar-refractivity contribution in [1.29, 1.82) is 0 Å². The summed E-state index contributed by atoms with van der Waals surface area (Å²) in [6.45, 7) is 1.55. The first kappa shape index (κ1) is 17.3. The number of hydrogen-bond acceptors (Lipinski definition) is 7. The van der Waals surface area contributed by atoms with Gasteiger partial charge in [0.15, 0.2) is 11.2 Å². The van der Waals surface area contributed by atoms with E-state index in [9.17, 15) is 0 Å². The van der Waals surface area contributed by atoms with E-state index in [-0.39, 0.29) is 5.38 Å². The lowest BCUT2D eigenvalue weighted by Crippen LogP contribution is -2.19. The summed E-state index contributed by atoms with van der Waals surface area (Å²) < 4.78 is 9.10. The molecule has 1 fully saturated rings. The highest BCUT2D eigenvalue weighted by Crippen LogP contribution is 2.24. The van der Waals surface area contributed by atoms with Gasteiger partial charge in [-0.2, -0.15) is 14.8 Å². The van der Waals surface area contributed by atoms with Crippen LogP contribution in [0.3, 0.4) is 0 Å². The van der Waals surface area contributed by atoms with Crippen molar-refractivity contribution in [2.75, 3.05) is 18.5 Å². The van der Waals surface area contributed by atoms with Crippen molar-refractivity contribution in [3.8, 4) is 0 Å². The number of ether oxygens (including phenoxy) is 1. The van der Waals surface area contributed by atoms with Gasteiger partial charge in [-0.05, 0) is 25.3 Å². The first-order valence-electron chi connectivity index (χ1n) is 9.26. The van der Waals surface area contributed by atoms with Crippen molar-refractivity contribution in [2.24, 2.45) is 0 Å². The van der Waals surface area contributed by atoms with E-state index in [1.807, 2.05) is 29.1 Å². The van der Waals surface area contributed by atoms with Crippen LogP contribution in [0.4, 0.5) is 11.6 Å². The first-order valence-corrected chi connectivity index (χ1v) is 9.70. The standard InChI is InChI=1S/C18H19ClN8O/c19-12-1-3-15(4-2-12)27-17-16(24-25-27)10-20-18(23-17)22-13-9-21-26(11-13)14-5-7-28-8-6-14/h1,3-4,9-12,14H,2,5-8H2,(H,20,22,23). The smallest absolute Gasteiger partial charge is 0.229 e. The molecule has 1 atom stereocenters. The Bertz CT molecular complexity index is 1050. The van der Waals surface area contributed by atoms with Gasteiger partial charge in [0.25, 0.3) is 0 Å². The molecule has 10 heteroatoms. The summed E-state index contributed by atoms with van der Waals surface area (Å²) in [6.07, 6.45) is 14.0. The van der Waals surface area contributed by atoms with Crippen LogP contribution in [0.1, 0.15) is 25.3 Å². The highest BCUT2D eigenvalue weighted by molar-refractivity contribution is 6.22. The van der Waals surface area contributed by atoms with Crippen LogP contribution in [-0.4, -0.2) is 53.3 Å². The molecule has 3 aromatic rings. The van der Waals surface area contributed by atoms with Crippen LogP contribution in [0.2, 0.25) is 0 Å². The number of anilines is 2. The van der Waals surface area contributed by atoms with E-state index in [1.165, 1.54) is 0 Å². The maximum atomic E-state index is 6.11. The van der Waals surface area contributed by atoms with Gasteiger partial charge in [-0.25, -0.2) is 4.98 Å². The average Bonchev–Trinajstić information content (AvgIpc) is 3.36. The largest absolute Gasteiger partial charge is 0.381 e. The molecule has 1 aliphatic carbocycles. The summed E-state index contributed by atoms with van der Waals surface area (Å²) >= 11 is 6.11. The lowest BCUT2D eigenvalue weighted by Gasteiger charge is -2.22. The number of fused-ring (bicyclic) bond motifs is 1. The fraction of sp³-hybridized carbons (Fsp3) is 0.389. The molecule has 0 aromatic carbocycles. The van der Waals surface area contributed by atoms with Crippen LogP contribution in [0.15, 0.2) is 36.8 Å². The Hall–Kier alpha value is -2.78. The molecule has 3 aromatic heterocycles. The third-order valence-corrected chi connectivity index (χ3v) is 5.21. The molecule has 0 saturated carbocycles. The van der Waals surface area contributed by atoms with E-state index in [0.717, 1.165) is 43.9 Å². The van der Waals surface area contributed by atoms with E-state index < -0.39 is 0 Å². The lowest BCUT2D eigenvalue weighted by molar-refractivity contribution is 0.0662. The minimum Gasteiger partial charge on any atom is -0.381 e. The molecule has 1 N–H and O–H groups in total. The fourth-order valence-electron chi connectivity index (χ4n) is 3.38. The van der Waals surface area contributed by atoms with Crippen molar-refractivity contribution < 1.29 is 4.74 Å². The highest BCUT2D eigenvalue weighted by atomic mass is 35.5. The number of nitrogens with zero attached hydrogens (tertiary/aromatic N) is 7. The molecule has 0 spiro atoms. The Morgan fingerprint density at radius 3 is 2.93 bits per heavy atom. The predicted octanol–water partition coefficient (Wildman–Crippen LogP) is 2.92. The van der Waals surface area contributed by atoms with Gasteiger partial charge in [0.05, 0.1) is 35.2 Å².